The number of ether oxygens (including phenoxy) is 2. The van der Waals surface area contributed by atoms with E-state index in [1.807, 2.05) is 0 Å². The average Bonchev–Trinajstić information content (AvgIpc) is 2.59. The number of esters is 2. The minimum atomic E-state index is -0.736. The first-order chi connectivity index (χ1) is 11.1. The molecule has 0 aliphatic heterocycles. The highest BCUT2D eigenvalue weighted by atomic mass is 16.5. The van der Waals surface area contributed by atoms with Crippen LogP contribution in [0.5, 0.6) is 0 Å². The van der Waals surface area contributed by atoms with Gasteiger partial charge < -0.3 is 13.9 Å². The second-order valence-corrected chi connectivity index (χ2v) is 4.80. The summed E-state index contributed by atoms with van der Waals surface area (Å²) in [7, 11) is 2.39. The van der Waals surface area contributed by atoms with Gasteiger partial charge in [0.1, 0.15) is 11.2 Å². The largest absolute Gasteiger partial charge is 0.465 e. The van der Waals surface area contributed by atoms with E-state index < -0.39 is 11.9 Å². The van der Waals surface area contributed by atoms with Crippen molar-refractivity contribution in [1.29, 1.82) is 0 Å². The number of hydrogen-bond acceptors (Lipinski definition) is 6. The molecule has 6 nitrogen and oxygen atoms in total. The Morgan fingerprint density at radius 3 is 2.13 bits per heavy atom. The van der Waals surface area contributed by atoms with E-state index in [4.69, 9.17) is 4.42 Å². The van der Waals surface area contributed by atoms with Gasteiger partial charge in [-0.05, 0) is 24.3 Å². The highest BCUT2D eigenvalue weighted by molar-refractivity contribution is 6.07. The summed E-state index contributed by atoms with van der Waals surface area (Å²) in [4.78, 5) is 36.4. The van der Waals surface area contributed by atoms with Crippen LogP contribution in [0.3, 0.4) is 0 Å². The Hall–Kier alpha value is -3.15. The Kier molecular flexibility index (Phi) is 3.57. The zero-order chi connectivity index (χ0) is 16.6. The van der Waals surface area contributed by atoms with Crippen LogP contribution in [0.1, 0.15) is 20.7 Å². The smallest absolute Gasteiger partial charge is 0.338 e. The average molecular weight is 312 g/mol. The third-order valence-electron chi connectivity index (χ3n) is 3.53. The molecule has 0 bridgehead atoms. The van der Waals surface area contributed by atoms with Gasteiger partial charge in [0, 0.05) is 0 Å². The Labute approximate surface area is 130 Å². The summed E-state index contributed by atoms with van der Waals surface area (Å²) in [5, 5.41) is 0.582. The number of fused-ring (bicyclic) bond motifs is 2. The number of carbonyl (C=O) groups excluding carboxylic acids is 2. The van der Waals surface area contributed by atoms with E-state index in [-0.39, 0.29) is 27.5 Å². The fourth-order valence-corrected chi connectivity index (χ4v) is 2.41. The molecule has 2 aromatic carbocycles. The SMILES string of the molecule is COC(=O)c1cc2oc3ccccc3c(=O)c2cc1C(=O)OC. The summed E-state index contributed by atoms with van der Waals surface area (Å²) in [6.45, 7) is 0. The van der Waals surface area contributed by atoms with Crippen LogP contribution in [0.4, 0.5) is 0 Å². The van der Waals surface area contributed by atoms with Crippen LogP contribution in [0.2, 0.25) is 0 Å². The lowest BCUT2D eigenvalue weighted by atomic mass is 10.0. The second-order valence-electron chi connectivity index (χ2n) is 4.80. The molecule has 0 atom stereocenters. The Morgan fingerprint density at radius 2 is 1.48 bits per heavy atom. The zero-order valence-corrected chi connectivity index (χ0v) is 12.4. The number of hydrogen-bond donors (Lipinski definition) is 0. The third-order valence-corrected chi connectivity index (χ3v) is 3.53. The lowest BCUT2D eigenvalue weighted by Gasteiger charge is -2.08. The maximum absolute atomic E-state index is 12.6. The maximum Gasteiger partial charge on any atom is 0.338 e. The minimum absolute atomic E-state index is 0.0229. The topological polar surface area (TPSA) is 82.8 Å². The highest BCUT2D eigenvalue weighted by Gasteiger charge is 2.21. The number of methoxy groups -OCH3 is 2. The predicted molar refractivity (Wildman–Crippen MR) is 82.7 cm³/mol. The standard InChI is InChI=1S/C17H12O6/c1-21-16(19)10-7-12-14(8-11(10)17(20)22-2)23-13-6-4-3-5-9(13)15(12)18/h3-8H,1-2H3. The molecule has 0 unspecified atom stereocenters. The van der Waals surface area contributed by atoms with Crippen LogP contribution in [-0.2, 0) is 9.47 Å². The first-order valence-corrected chi connectivity index (χ1v) is 6.73. The molecular formula is C17H12O6. The molecule has 3 rings (SSSR count). The number of benzene rings is 2. The third kappa shape index (κ3) is 2.34. The molecule has 0 N–H and O–H groups in total. The summed E-state index contributed by atoms with van der Waals surface area (Å²) in [5.41, 5.74) is 0.233. The summed E-state index contributed by atoms with van der Waals surface area (Å²) in [6.07, 6.45) is 0. The van der Waals surface area contributed by atoms with Crippen molar-refractivity contribution < 1.29 is 23.5 Å². The van der Waals surface area contributed by atoms with Gasteiger partial charge in [0.05, 0.1) is 36.1 Å². The molecule has 0 radical (unpaired) electrons. The quantitative estimate of drug-likeness (QED) is 0.534. The van der Waals surface area contributed by atoms with E-state index in [1.165, 1.54) is 26.4 Å². The molecule has 1 aromatic heterocycles. The fraction of sp³-hybridized carbons (Fsp3) is 0.118. The lowest BCUT2D eigenvalue weighted by Crippen LogP contribution is -2.13. The second kappa shape index (κ2) is 5.57. The first kappa shape index (κ1) is 14.8. The Bertz CT molecular complexity index is 999. The van der Waals surface area contributed by atoms with Gasteiger partial charge >= 0.3 is 11.9 Å². The molecule has 0 aliphatic carbocycles. The van der Waals surface area contributed by atoms with Crippen molar-refractivity contribution in [2.24, 2.45) is 0 Å². The summed E-state index contributed by atoms with van der Waals surface area (Å²) in [5.74, 6) is -1.46. The highest BCUT2D eigenvalue weighted by Crippen LogP contribution is 2.23. The van der Waals surface area contributed by atoms with Gasteiger partial charge in [0.25, 0.3) is 0 Å². The van der Waals surface area contributed by atoms with E-state index in [9.17, 15) is 14.4 Å². The normalized spacial score (nSPS) is 10.7. The molecule has 1 heterocycles. The van der Waals surface area contributed by atoms with Gasteiger partial charge in [-0.25, -0.2) is 9.59 Å². The van der Waals surface area contributed by atoms with Crippen LogP contribution in [0.15, 0.2) is 45.6 Å². The van der Waals surface area contributed by atoms with Crippen molar-refractivity contribution >= 4 is 33.9 Å². The van der Waals surface area contributed by atoms with E-state index in [0.29, 0.717) is 11.0 Å². The molecule has 0 amide bonds. The molecule has 0 spiro atoms. The van der Waals surface area contributed by atoms with Gasteiger partial charge in [0.2, 0.25) is 5.43 Å². The van der Waals surface area contributed by atoms with Crippen LogP contribution in [0, 0.1) is 0 Å². The molecular weight excluding hydrogens is 300 g/mol. The van der Waals surface area contributed by atoms with Gasteiger partial charge in [-0.15, -0.1) is 0 Å². The lowest BCUT2D eigenvalue weighted by molar-refractivity contribution is 0.0555. The van der Waals surface area contributed by atoms with Crippen LogP contribution >= 0.6 is 0 Å². The van der Waals surface area contributed by atoms with Crippen LogP contribution in [-0.4, -0.2) is 26.2 Å². The van der Waals surface area contributed by atoms with Gasteiger partial charge in [-0.1, -0.05) is 12.1 Å². The Balaban J connectivity index is 2.44. The van der Waals surface area contributed by atoms with Crippen molar-refractivity contribution in [2.75, 3.05) is 14.2 Å². The van der Waals surface area contributed by atoms with Crippen LogP contribution in [0.25, 0.3) is 21.9 Å². The van der Waals surface area contributed by atoms with E-state index in [2.05, 4.69) is 9.47 Å². The summed E-state index contributed by atoms with van der Waals surface area (Å²) < 4.78 is 15.0. The molecule has 0 fully saturated rings. The van der Waals surface area contributed by atoms with Crippen molar-refractivity contribution in [3.05, 3.63) is 57.7 Å². The summed E-state index contributed by atoms with van der Waals surface area (Å²) >= 11 is 0. The fourth-order valence-electron chi connectivity index (χ4n) is 2.41. The zero-order valence-electron chi connectivity index (χ0n) is 12.4. The number of carbonyl (C=O) groups is 2. The maximum atomic E-state index is 12.6. The Morgan fingerprint density at radius 1 is 0.870 bits per heavy atom. The molecule has 0 saturated heterocycles. The number of para-hydroxylation sites is 1. The van der Waals surface area contributed by atoms with Crippen molar-refractivity contribution in [3.63, 3.8) is 0 Å². The number of rotatable bonds is 2. The van der Waals surface area contributed by atoms with Crippen molar-refractivity contribution in [2.45, 2.75) is 0 Å². The molecule has 0 saturated carbocycles. The van der Waals surface area contributed by atoms with E-state index in [0.717, 1.165) is 0 Å². The van der Waals surface area contributed by atoms with Gasteiger partial charge in [-0.3, -0.25) is 4.79 Å². The van der Waals surface area contributed by atoms with Gasteiger partial charge in [-0.2, -0.15) is 0 Å². The molecule has 23 heavy (non-hydrogen) atoms. The first-order valence-electron chi connectivity index (χ1n) is 6.73. The molecule has 116 valence electrons. The van der Waals surface area contributed by atoms with Gasteiger partial charge in [0.15, 0.2) is 0 Å². The summed E-state index contributed by atoms with van der Waals surface area (Å²) in [6, 6.07) is 9.36. The molecule has 0 aliphatic rings. The van der Waals surface area contributed by atoms with E-state index in [1.54, 1.807) is 24.3 Å². The van der Waals surface area contributed by atoms with E-state index >= 15 is 0 Å². The van der Waals surface area contributed by atoms with Crippen molar-refractivity contribution in [1.82, 2.24) is 0 Å². The van der Waals surface area contributed by atoms with Crippen LogP contribution < -0.4 is 5.43 Å². The predicted octanol–water partition coefficient (Wildman–Crippen LogP) is 2.52. The molecule has 6 heteroatoms. The minimum Gasteiger partial charge on any atom is -0.465 e. The van der Waals surface area contributed by atoms with Crippen molar-refractivity contribution in [3.8, 4) is 0 Å². The monoisotopic (exact) mass is 312 g/mol. The molecule has 3 aromatic rings.